The molecule has 0 bridgehead atoms. The third kappa shape index (κ3) is 15.3. The fraction of sp³-hybridized carbons (Fsp3) is 0.548. The first-order chi connectivity index (χ1) is 29.3. The second-order valence-electron chi connectivity index (χ2n) is 15.7. The molecule has 0 radical (unpaired) electrons. The van der Waals surface area contributed by atoms with Gasteiger partial charge in [0.05, 0.1) is 6.04 Å². The van der Waals surface area contributed by atoms with Crippen molar-refractivity contribution in [2.45, 2.75) is 128 Å². The highest BCUT2D eigenvalue weighted by Crippen LogP contribution is 2.22. The van der Waals surface area contributed by atoms with Crippen LogP contribution >= 0.6 is 0 Å². The van der Waals surface area contributed by atoms with Crippen molar-refractivity contribution in [1.29, 1.82) is 0 Å². The van der Waals surface area contributed by atoms with Gasteiger partial charge in [-0.05, 0) is 74.6 Å². The molecule has 2 aromatic carbocycles. The van der Waals surface area contributed by atoms with E-state index in [1.54, 1.807) is 13.0 Å². The van der Waals surface area contributed by atoms with E-state index in [2.05, 4.69) is 31.6 Å². The predicted molar refractivity (Wildman–Crippen MR) is 230 cm³/mol. The number of aliphatic imine (C=N–C) groups is 1. The van der Waals surface area contributed by atoms with E-state index < -0.39 is 96.1 Å². The van der Waals surface area contributed by atoms with Crippen molar-refractivity contribution in [2.24, 2.45) is 28.1 Å². The van der Waals surface area contributed by atoms with Gasteiger partial charge in [-0.25, -0.2) is 0 Å². The zero-order chi connectivity index (χ0) is 46.1. The second-order valence-corrected chi connectivity index (χ2v) is 15.7. The van der Waals surface area contributed by atoms with Gasteiger partial charge in [0.2, 0.25) is 35.4 Å². The van der Waals surface area contributed by atoms with E-state index in [9.17, 15) is 48.6 Å². The Labute approximate surface area is 360 Å². The normalized spacial score (nSPS) is 17.1. The van der Waals surface area contributed by atoms with Crippen LogP contribution in [0.5, 0.6) is 0 Å². The topological polar surface area (TPSA) is 331 Å². The van der Waals surface area contributed by atoms with Gasteiger partial charge < -0.3 is 58.9 Å². The zero-order valence-electron chi connectivity index (χ0n) is 35.7. The van der Waals surface area contributed by atoms with Crippen LogP contribution in [0.3, 0.4) is 0 Å². The molecular formula is C42H62N10O10. The maximum atomic E-state index is 14.3. The van der Waals surface area contributed by atoms with Crippen molar-refractivity contribution in [3.8, 4) is 0 Å². The Bertz CT molecular complexity index is 1960. The highest BCUT2D eigenvalue weighted by atomic mass is 16.4. The van der Waals surface area contributed by atoms with Crippen LogP contribution in [0.1, 0.15) is 84.6 Å². The number of likely N-dealkylation sites (tertiary alicyclic amines) is 1. The van der Waals surface area contributed by atoms with Gasteiger partial charge >= 0.3 is 11.9 Å². The monoisotopic (exact) mass is 866 g/mol. The molecule has 8 atom stereocenters. The van der Waals surface area contributed by atoms with Crippen molar-refractivity contribution in [1.82, 2.24) is 31.5 Å². The van der Waals surface area contributed by atoms with E-state index in [1.807, 2.05) is 43.3 Å². The van der Waals surface area contributed by atoms with Crippen LogP contribution in [0.2, 0.25) is 0 Å². The van der Waals surface area contributed by atoms with E-state index in [0.717, 1.165) is 10.8 Å². The number of carboxylic acid groups (broad SMARTS) is 2. The van der Waals surface area contributed by atoms with E-state index in [0.29, 0.717) is 24.8 Å². The third-order valence-corrected chi connectivity index (χ3v) is 10.9. The molecule has 6 amide bonds. The summed E-state index contributed by atoms with van der Waals surface area (Å²) in [5.74, 6) is -7.22. The van der Waals surface area contributed by atoms with Crippen LogP contribution in [0.4, 0.5) is 0 Å². The van der Waals surface area contributed by atoms with Crippen molar-refractivity contribution in [3.63, 3.8) is 0 Å². The second kappa shape index (κ2) is 24.2. The SMILES string of the molecule is CC[C@H](C)[C@H](N)C(=O)N[C@H](CCC(=O)O)C(=O)N1CCCC[C@H]1C(=O)N[C@@H](Cc1ccc2ccccc2c1)C(=O)N[C@@H](CCCN=C(N)N)C(=O)N[C@@H](C)C(=O)N[C@H](C)C(=O)O. The standard InChI is InChI=1S/C42H62N10O10/c1-5-23(2)34(43)39(59)50-30(17-18-33(53)54)40(60)52-20-9-8-14-32(52)38(58)51-31(22-26-15-16-27-11-6-7-12-28(27)21-26)37(57)49-29(13-10-19-46-42(44)45)36(56)47-24(3)35(55)48-25(4)41(61)62/h6-7,11-12,15-16,21,23-25,29-32,34H,5,8-10,13-14,17-20,22,43H2,1-4H3,(H,47,56)(H,48,55)(H,49,57)(H,50,59)(H,51,58)(H,53,54)(H,61,62)(H4,44,45,46)/t23-,24-,25+,29-,30+,31-,32-,34-/m0/s1. The highest BCUT2D eigenvalue weighted by Gasteiger charge is 2.39. The lowest BCUT2D eigenvalue weighted by Crippen LogP contribution is -2.61. The number of piperidine rings is 1. The molecule has 0 aliphatic carbocycles. The molecule has 3 rings (SSSR count). The molecule has 1 fully saturated rings. The average molecular weight is 867 g/mol. The van der Waals surface area contributed by atoms with Gasteiger partial charge in [0.25, 0.3) is 0 Å². The van der Waals surface area contributed by atoms with Crippen molar-refractivity contribution >= 4 is 64.1 Å². The fourth-order valence-electron chi connectivity index (χ4n) is 6.88. The predicted octanol–water partition coefficient (Wildman–Crippen LogP) is -0.396. The van der Waals surface area contributed by atoms with Crippen LogP contribution in [-0.4, -0.2) is 124 Å². The van der Waals surface area contributed by atoms with E-state index >= 15 is 0 Å². The zero-order valence-corrected chi connectivity index (χ0v) is 35.7. The van der Waals surface area contributed by atoms with Gasteiger partial charge in [-0.2, -0.15) is 0 Å². The molecule has 20 heteroatoms. The minimum absolute atomic E-state index is 0.0140. The van der Waals surface area contributed by atoms with Gasteiger partial charge in [0, 0.05) is 25.9 Å². The number of hydrogen-bond acceptors (Lipinski definition) is 10. The Morgan fingerprint density at radius 2 is 1.42 bits per heavy atom. The Hall–Kier alpha value is -6.31. The lowest BCUT2D eigenvalue weighted by molar-refractivity contribution is -0.146. The van der Waals surface area contributed by atoms with Crippen LogP contribution in [-0.2, 0) is 44.8 Å². The van der Waals surface area contributed by atoms with Crippen LogP contribution < -0.4 is 43.8 Å². The Morgan fingerprint density at radius 3 is 2.06 bits per heavy atom. The lowest BCUT2D eigenvalue weighted by atomic mass is 9.96. The van der Waals surface area contributed by atoms with Crippen molar-refractivity contribution < 1.29 is 48.6 Å². The number of rotatable bonds is 23. The number of carboxylic acids is 2. The quantitative estimate of drug-likeness (QED) is 0.0387. The smallest absolute Gasteiger partial charge is 0.325 e. The fourth-order valence-corrected chi connectivity index (χ4v) is 6.88. The van der Waals surface area contributed by atoms with E-state index in [1.165, 1.54) is 18.7 Å². The third-order valence-electron chi connectivity index (χ3n) is 10.9. The van der Waals surface area contributed by atoms with E-state index in [4.69, 9.17) is 17.2 Å². The molecule has 1 aliphatic heterocycles. The highest BCUT2D eigenvalue weighted by molar-refractivity contribution is 5.97. The number of hydrogen-bond donors (Lipinski definition) is 10. The number of guanidine groups is 1. The number of nitrogens with zero attached hydrogens (tertiary/aromatic N) is 2. The first-order valence-electron chi connectivity index (χ1n) is 20.9. The summed E-state index contributed by atoms with van der Waals surface area (Å²) in [5.41, 5.74) is 17.7. The number of fused-ring (bicyclic) bond motifs is 1. The number of nitrogens with one attached hydrogen (secondary N) is 5. The molecule has 1 aliphatic rings. The molecule has 340 valence electrons. The maximum Gasteiger partial charge on any atom is 0.325 e. The molecular weight excluding hydrogens is 805 g/mol. The number of amides is 6. The number of carbonyl (C=O) groups is 8. The molecule has 1 saturated heterocycles. The summed E-state index contributed by atoms with van der Waals surface area (Å²) in [6.45, 7) is 6.44. The molecule has 13 N–H and O–H groups in total. The van der Waals surface area contributed by atoms with Crippen LogP contribution in [0, 0.1) is 5.92 Å². The molecule has 0 aromatic heterocycles. The van der Waals surface area contributed by atoms with Gasteiger partial charge in [-0.1, -0.05) is 62.7 Å². The van der Waals surface area contributed by atoms with Gasteiger partial charge in [-0.3, -0.25) is 43.3 Å². The molecule has 0 unspecified atom stereocenters. The first kappa shape index (κ1) is 50.0. The van der Waals surface area contributed by atoms with E-state index in [-0.39, 0.29) is 57.1 Å². The molecule has 1 heterocycles. The molecule has 0 spiro atoms. The summed E-state index contributed by atoms with van der Waals surface area (Å²) in [6.07, 6.45) is 1.28. The Morgan fingerprint density at radius 1 is 0.774 bits per heavy atom. The number of nitrogens with two attached hydrogens (primary N) is 3. The summed E-state index contributed by atoms with van der Waals surface area (Å²) in [6, 6.07) is 4.62. The van der Waals surface area contributed by atoms with Crippen molar-refractivity contribution in [3.05, 3.63) is 48.0 Å². The first-order valence-corrected chi connectivity index (χ1v) is 20.9. The summed E-state index contributed by atoms with van der Waals surface area (Å²) in [7, 11) is 0. The summed E-state index contributed by atoms with van der Waals surface area (Å²) in [4.78, 5) is 110. The number of carbonyl (C=O) groups excluding carboxylic acids is 6. The van der Waals surface area contributed by atoms with Gasteiger partial charge in [-0.15, -0.1) is 0 Å². The van der Waals surface area contributed by atoms with Crippen LogP contribution in [0.25, 0.3) is 10.8 Å². The number of aliphatic carboxylic acids is 2. The maximum absolute atomic E-state index is 14.3. The molecule has 62 heavy (non-hydrogen) atoms. The minimum Gasteiger partial charge on any atom is -0.481 e. The van der Waals surface area contributed by atoms with Gasteiger partial charge in [0.15, 0.2) is 5.96 Å². The lowest BCUT2D eigenvalue weighted by Gasteiger charge is -2.38. The molecule has 2 aromatic rings. The number of benzene rings is 2. The van der Waals surface area contributed by atoms with Gasteiger partial charge in [0.1, 0.15) is 36.3 Å². The summed E-state index contributed by atoms with van der Waals surface area (Å²) >= 11 is 0. The molecule has 20 nitrogen and oxygen atoms in total. The summed E-state index contributed by atoms with van der Waals surface area (Å²) in [5, 5.41) is 33.4. The van der Waals surface area contributed by atoms with Crippen molar-refractivity contribution in [2.75, 3.05) is 13.1 Å². The average Bonchev–Trinajstić information content (AvgIpc) is 3.24. The molecule has 0 saturated carbocycles. The van der Waals surface area contributed by atoms with Crippen LogP contribution in [0.15, 0.2) is 47.5 Å². The summed E-state index contributed by atoms with van der Waals surface area (Å²) < 4.78 is 0. The Kier molecular flexibility index (Phi) is 19.5. The Balaban J connectivity index is 1.95. The largest absolute Gasteiger partial charge is 0.481 e. The minimum atomic E-state index is -1.32.